The average Bonchev–Trinajstić information content (AvgIpc) is 3.14. The van der Waals surface area contributed by atoms with Crippen LogP contribution in [-0.4, -0.2) is 63.9 Å². The molecule has 31 heavy (non-hydrogen) atoms. The first-order chi connectivity index (χ1) is 15.0. The minimum atomic E-state index is 0.725. The second-order valence-electron chi connectivity index (χ2n) is 9.36. The lowest BCUT2D eigenvalue weighted by atomic mass is 10.1. The lowest BCUT2D eigenvalue weighted by molar-refractivity contribution is 0.211. The molecule has 6 heteroatoms. The fourth-order valence-electron chi connectivity index (χ4n) is 4.01. The molecule has 0 fully saturated rings. The molecule has 0 spiro atoms. The predicted octanol–water partition coefficient (Wildman–Crippen LogP) is 4.93. The van der Waals surface area contributed by atoms with Crippen LogP contribution in [0.5, 0.6) is 0 Å². The van der Waals surface area contributed by atoms with Crippen molar-refractivity contribution in [1.82, 2.24) is 24.7 Å². The first-order valence-corrected chi connectivity index (χ1v) is 11.8. The van der Waals surface area contributed by atoms with Gasteiger partial charge in [-0.2, -0.15) is 0 Å². The van der Waals surface area contributed by atoms with Crippen molar-refractivity contribution in [1.29, 1.82) is 0 Å². The summed E-state index contributed by atoms with van der Waals surface area (Å²) in [5.74, 6) is 2.30. The standard InChI is InChI=1S/C25H40N6/c1-21(2)19-31(20-22(3)4)14-8-13-30-17-15-29(16-18-30)12-7-11-26-25-27-23-9-5-6-10-24(23)28-25/h5-6,9-10,15-18,21-22H,7-8,11-14,19-20H2,1-4H3,(H2,26,27,28). The van der Waals surface area contributed by atoms with E-state index in [1.165, 1.54) is 26.1 Å². The van der Waals surface area contributed by atoms with Gasteiger partial charge >= 0.3 is 0 Å². The van der Waals surface area contributed by atoms with Crippen LogP contribution >= 0.6 is 0 Å². The molecule has 2 aromatic rings. The maximum Gasteiger partial charge on any atom is 0.201 e. The molecule has 0 saturated heterocycles. The Morgan fingerprint density at radius 2 is 1.52 bits per heavy atom. The van der Waals surface area contributed by atoms with Crippen LogP contribution in [-0.2, 0) is 0 Å². The van der Waals surface area contributed by atoms with Gasteiger partial charge in [0.25, 0.3) is 0 Å². The molecule has 0 bridgehead atoms. The number of rotatable bonds is 13. The van der Waals surface area contributed by atoms with Gasteiger partial charge in [0.15, 0.2) is 0 Å². The summed E-state index contributed by atoms with van der Waals surface area (Å²) in [5.41, 5.74) is 2.08. The number of anilines is 1. The van der Waals surface area contributed by atoms with Crippen molar-refractivity contribution in [3.05, 3.63) is 49.1 Å². The van der Waals surface area contributed by atoms with Gasteiger partial charge in [-0.05, 0) is 43.4 Å². The maximum atomic E-state index is 4.56. The van der Waals surface area contributed by atoms with Gasteiger partial charge in [0.2, 0.25) is 5.95 Å². The number of hydrogen-bond acceptors (Lipinski definition) is 5. The number of nitrogens with zero attached hydrogens (tertiary/aromatic N) is 4. The number of H-pyrrole nitrogens is 1. The van der Waals surface area contributed by atoms with E-state index in [4.69, 9.17) is 0 Å². The normalized spacial score (nSPS) is 14.0. The van der Waals surface area contributed by atoms with Gasteiger partial charge in [-0.3, -0.25) is 0 Å². The molecular formula is C25H40N6. The van der Waals surface area contributed by atoms with Crippen LogP contribution in [0.3, 0.4) is 0 Å². The highest BCUT2D eigenvalue weighted by Gasteiger charge is 2.10. The second kappa shape index (κ2) is 11.8. The van der Waals surface area contributed by atoms with E-state index < -0.39 is 0 Å². The van der Waals surface area contributed by atoms with Gasteiger partial charge in [-0.1, -0.05) is 39.8 Å². The zero-order valence-electron chi connectivity index (χ0n) is 19.7. The van der Waals surface area contributed by atoms with Gasteiger partial charge in [-0.15, -0.1) is 0 Å². The average molecular weight is 425 g/mol. The highest BCUT2D eigenvalue weighted by atomic mass is 15.2. The molecule has 6 nitrogen and oxygen atoms in total. The predicted molar refractivity (Wildman–Crippen MR) is 132 cm³/mol. The fourth-order valence-corrected chi connectivity index (χ4v) is 4.01. The van der Waals surface area contributed by atoms with E-state index in [2.05, 4.69) is 88.5 Å². The molecule has 0 unspecified atom stereocenters. The van der Waals surface area contributed by atoms with E-state index in [-0.39, 0.29) is 0 Å². The number of para-hydroxylation sites is 2. The van der Waals surface area contributed by atoms with Crippen LogP contribution in [0.1, 0.15) is 40.5 Å². The largest absolute Gasteiger partial charge is 0.356 e. The zero-order valence-corrected chi connectivity index (χ0v) is 19.7. The Balaban J connectivity index is 1.31. The Bertz CT molecular complexity index is 780. The van der Waals surface area contributed by atoms with E-state index >= 15 is 0 Å². The van der Waals surface area contributed by atoms with Crippen LogP contribution < -0.4 is 5.32 Å². The molecule has 1 aromatic heterocycles. The van der Waals surface area contributed by atoms with E-state index in [9.17, 15) is 0 Å². The number of aromatic amines is 1. The van der Waals surface area contributed by atoms with Gasteiger partial charge in [0.1, 0.15) is 0 Å². The number of benzene rings is 1. The van der Waals surface area contributed by atoms with Gasteiger partial charge in [0.05, 0.1) is 11.0 Å². The van der Waals surface area contributed by atoms with E-state index in [0.717, 1.165) is 54.9 Å². The molecule has 1 aliphatic heterocycles. The Morgan fingerprint density at radius 1 is 0.903 bits per heavy atom. The molecule has 0 amide bonds. The van der Waals surface area contributed by atoms with Crippen molar-refractivity contribution in [2.45, 2.75) is 40.5 Å². The highest BCUT2D eigenvalue weighted by Crippen LogP contribution is 2.13. The van der Waals surface area contributed by atoms with Gasteiger partial charge in [0, 0.05) is 57.5 Å². The van der Waals surface area contributed by atoms with Crippen LogP contribution in [0, 0.1) is 11.8 Å². The third-order valence-electron chi connectivity index (χ3n) is 5.31. The summed E-state index contributed by atoms with van der Waals surface area (Å²) in [6, 6.07) is 8.11. The summed E-state index contributed by atoms with van der Waals surface area (Å²) in [5, 5.41) is 3.39. The van der Waals surface area contributed by atoms with Crippen molar-refractivity contribution in [2.24, 2.45) is 11.8 Å². The van der Waals surface area contributed by atoms with Crippen molar-refractivity contribution in [3.63, 3.8) is 0 Å². The number of hydrogen-bond donors (Lipinski definition) is 2. The van der Waals surface area contributed by atoms with Crippen molar-refractivity contribution >= 4 is 17.0 Å². The molecule has 3 rings (SSSR count). The van der Waals surface area contributed by atoms with E-state index in [0.29, 0.717) is 0 Å². The minimum absolute atomic E-state index is 0.725. The third kappa shape index (κ3) is 7.94. The minimum Gasteiger partial charge on any atom is -0.356 e. The topological polar surface area (TPSA) is 50.4 Å². The number of fused-ring (bicyclic) bond motifs is 1. The molecule has 170 valence electrons. The molecule has 2 N–H and O–H groups in total. The number of imidazole rings is 1. The first kappa shape index (κ1) is 23.2. The molecule has 1 aliphatic rings. The molecule has 0 radical (unpaired) electrons. The Kier molecular flexibility index (Phi) is 8.83. The molecule has 0 aliphatic carbocycles. The molecular weight excluding hydrogens is 384 g/mol. The zero-order chi connectivity index (χ0) is 22.1. The molecule has 0 saturated carbocycles. The Labute approximate surface area is 188 Å². The van der Waals surface area contributed by atoms with E-state index in [1.807, 2.05) is 18.2 Å². The Hall–Kier alpha value is -2.47. The summed E-state index contributed by atoms with van der Waals surface area (Å²) >= 11 is 0. The summed E-state index contributed by atoms with van der Waals surface area (Å²) in [4.78, 5) is 15.0. The van der Waals surface area contributed by atoms with Gasteiger partial charge < -0.3 is 25.0 Å². The summed E-state index contributed by atoms with van der Waals surface area (Å²) in [7, 11) is 0. The van der Waals surface area contributed by atoms with Crippen molar-refractivity contribution < 1.29 is 0 Å². The van der Waals surface area contributed by atoms with Crippen LogP contribution in [0.2, 0.25) is 0 Å². The Morgan fingerprint density at radius 3 is 2.13 bits per heavy atom. The second-order valence-corrected chi connectivity index (χ2v) is 9.36. The molecule has 0 atom stereocenters. The van der Waals surface area contributed by atoms with Crippen molar-refractivity contribution in [3.8, 4) is 0 Å². The quantitative estimate of drug-likeness (QED) is 0.447. The summed E-state index contributed by atoms with van der Waals surface area (Å²) in [6.07, 6.45) is 11.0. The summed E-state index contributed by atoms with van der Waals surface area (Å²) in [6.45, 7) is 15.8. The number of aromatic nitrogens is 2. The lowest BCUT2D eigenvalue weighted by Crippen LogP contribution is -2.33. The lowest BCUT2D eigenvalue weighted by Gasteiger charge is -2.28. The van der Waals surface area contributed by atoms with E-state index in [1.54, 1.807) is 0 Å². The monoisotopic (exact) mass is 424 g/mol. The smallest absolute Gasteiger partial charge is 0.201 e. The first-order valence-electron chi connectivity index (χ1n) is 11.8. The highest BCUT2D eigenvalue weighted by molar-refractivity contribution is 5.77. The van der Waals surface area contributed by atoms with Gasteiger partial charge in [-0.25, -0.2) is 4.98 Å². The van der Waals surface area contributed by atoms with Crippen LogP contribution in [0.25, 0.3) is 11.0 Å². The third-order valence-corrected chi connectivity index (χ3v) is 5.31. The SMILES string of the molecule is CC(C)CN(CCCN1C=CN(CCCNc2nc3ccccc3[nH]2)C=C1)CC(C)C. The molecule has 1 aromatic carbocycles. The number of nitrogens with one attached hydrogen (secondary N) is 2. The molecule has 2 heterocycles. The summed E-state index contributed by atoms with van der Waals surface area (Å²) < 4.78 is 0. The fraction of sp³-hybridized carbons (Fsp3) is 0.560. The van der Waals surface area contributed by atoms with Crippen molar-refractivity contribution in [2.75, 3.05) is 44.6 Å². The van der Waals surface area contributed by atoms with Crippen LogP contribution in [0.4, 0.5) is 5.95 Å². The van der Waals surface area contributed by atoms with Crippen LogP contribution in [0.15, 0.2) is 49.1 Å². The maximum absolute atomic E-state index is 4.56.